The highest BCUT2D eigenvalue weighted by Crippen LogP contribution is 2.30. The molecule has 0 aliphatic heterocycles. The highest BCUT2D eigenvalue weighted by molar-refractivity contribution is 6.31. The molecule has 3 nitrogen and oxygen atoms in total. The number of nitrogens with zero attached hydrogens (tertiary/aromatic N) is 1. The van der Waals surface area contributed by atoms with Crippen LogP contribution in [0.2, 0.25) is 5.02 Å². The summed E-state index contributed by atoms with van der Waals surface area (Å²) in [6.07, 6.45) is 4.79. The van der Waals surface area contributed by atoms with E-state index in [4.69, 9.17) is 11.6 Å². The summed E-state index contributed by atoms with van der Waals surface area (Å²) in [4.78, 5) is 14.8. The second-order valence-electron chi connectivity index (χ2n) is 5.97. The Kier molecular flexibility index (Phi) is 5.51. The quantitative estimate of drug-likeness (QED) is 0.893. The zero-order valence-corrected chi connectivity index (χ0v) is 13.9. The molecule has 1 saturated carbocycles. The maximum Gasteiger partial charge on any atom is 0.256 e. The molecule has 0 heterocycles. The minimum Gasteiger partial charge on any atom is -0.385 e. The lowest BCUT2D eigenvalue weighted by Gasteiger charge is -2.36. The van der Waals surface area contributed by atoms with Gasteiger partial charge in [0.15, 0.2) is 0 Å². The molecule has 1 aromatic rings. The first-order valence-electron chi connectivity index (χ1n) is 7.85. The Hall–Kier alpha value is -1.22. The van der Waals surface area contributed by atoms with Gasteiger partial charge in [-0.1, -0.05) is 31.4 Å². The summed E-state index contributed by atoms with van der Waals surface area (Å²) in [6, 6.07) is 5.81. The summed E-state index contributed by atoms with van der Waals surface area (Å²) in [7, 11) is 1.92. The molecule has 4 heteroatoms. The van der Waals surface area contributed by atoms with E-state index in [1.807, 2.05) is 31.0 Å². The Morgan fingerprint density at radius 2 is 2.10 bits per heavy atom. The minimum absolute atomic E-state index is 0.0622. The van der Waals surface area contributed by atoms with Crippen molar-refractivity contribution in [2.45, 2.75) is 45.6 Å². The molecule has 0 spiro atoms. The van der Waals surface area contributed by atoms with Crippen molar-refractivity contribution in [2.75, 3.05) is 18.9 Å². The highest BCUT2D eigenvalue weighted by atomic mass is 35.5. The van der Waals surface area contributed by atoms with E-state index in [0.717, 1.165) is 18.7 Å². The van der Waals surface area contributed by atoms with Crippen molar-refractivity contribution < 1.29 is 4.79 Å². The van der Waals surface area contributed by atoms with Crippen molar-refractivity contribution in [3.63, 3.8) is 0 Å². The molecule has 2 atom stereocenters. The molecule has 1 N–H and O–H groups in total. The maximum absolute atomic E-state index is 12.9. The molecule has 1 amide bonds. The van der Waals surface area contributed by atoms with Crippen LogP contribution in [0.5, 0.6) is 0 Å². The Bertz CT molecular complexity index is 504. The summed E-state index contributed by atoms with van der Waals surface area (Å²) in [5.41, 5.74) is 1.53. The van der Waals surface area contributed by atoms with Crippen LogP contribution in [0.3, 0.4) is 0 Å². The average Bonchev–Trinajstić information content (AvgIpc) is 2.48. The fourth-order valence-corrected chi connectivity index (χ4v) is 3.42. The molecule has 0 aromatic heterocycles. The van der Waals surface area contributed by atoms with Crippen LogP contribution in [0.4, 0.5) is 5.69 Å². The lowest BCUT2D eigenvalue weighted by molar-refractivity contribution is 0.0630. The number of amides is 1. The maximum atomic E-state index is 12.9. The van der Waals surface area contributed by atoms with Crippen molar-refractivity contribution in [1.82, 2.24) is 4.90 Å². The van der Waals surface area contributed by atoms with Crippen LogP contribution >= 0.6 is 11.6 Å². The van der Waals surface area contributed by atoms with Gasteiger partial charge in [0.05, 0.1) is 5.56 Å². The lowest BCUT2D eigenvalue weighted by Crippen LogP contribution is -2.42. The van der Waals surface area contributed by atoms with Gasteiger partial charge in [-0.25, -0.2) is 0 Å². The molecule has 1 aliphatic carbocycles. The van der Waals surface area contributed by atoms with Gasteiger partial charge in [-0.3, -0.25) is 4.79 Å². The topological polar surface area (TPSA) is 32.3 Å². The first-order chi connectivity index (χ1) is 10.0. The number of nitrogens with one attached hydrogen (secondary N) is 1. The number of hydrogen-bond acceptors (Lipinski definition) is 2. The Balaban J connectivity index is 2.23. The predicted molar refractivity (Wildman–Crippen MR) is 89.1 cm³/mol. The van der Waals surface area contributed by atoms with Crippen molar-refractivity contribution in [1.29, 1.82) is 0 Å². The lowest BCUT2D eigenvalue weighted by atomic mass is 9.85. The number of carbonyl (C=O) groups is 1. The van der Waals surface area contributed by atoms with Crippen LogP contribution in [0.25, 0.3) is 0 Å². The first-order valence-corrected chi connectivity index (χ1v) is 8.23. The van der Waals surface area contributed by atoms with Gasteiger partial charge in [0, 0.05) is 30.3 Å². The molecule has 2 unspecified atom stereocenters. The van der Waals surface area contributed by atoms with Crippen LogP contribution in [-0.4, -0.2) is 30.4 Å². The van der Waals surface area contributed by atoms with E-state index in [9.17, 15) is 4.79 Å². The zero-order chi connectivity index (χ0) is 15.4. The van der Waals surface area contributed by atoms with Gasteiger partial charge in [0.25, 0.3) is 5.91 Å². The van der Waals surface area contributed by atoms with Crippen LogP contribution in [0, 0.1) is 5.92 Å². The molecular formula is C17H25ClN2O. The van der Waals surface area contributed by atoms with E-state index in [1.54, 1.807) is 6.07 Å². The third kappa shape index (κ3) is 3.70. The van der Waals surface area contributed by atoms with Gasteiger partial charge in [-0.05, 0) is 43.9 Å². The van der Waals surface area contributed by atoms with E-state index in [2.05, 4.69) is 12.2 Å². The van der Waals surface area contributed by atoms with Gasteiger partial charge in [0.2, 0.25) is 0 Å². The summed E-state index contributed by atoms with van der Waals surface area (Å²) < 4.78 is 0. The van der Waals surface area contributed by atoms with Gasteiger partial charge in [-0.15, -0.1) is 0 Å². The number of benzene rings is 1. The van der Waals surface area contributed by atoms with Crippen LogP contribution < -0.4 is 5.32 Å². The smallest absolute Gasteiger partial charge is 0.256 e. The summed E-state index contributed by atoms with van der Waals surface area (Å²) in [5, 5.41) is 3.85. The van der Waals surface area contributed by atoms with Crippen LogP contribution in [0.1, 0.15) is 49.9 Å². The first kappa shape index (κ1) is 16.2. The number of halogens is 1. The molecule has 0 saturated heterocycles. The molecule has 116 valence electrons. The summed E-state index contributed by atoms with van der Waals surface area (Å²) >= 11 is 6.08. The number of hydrogen-bond donors (Lipinski definition) is 1. The van der Waals surface area contributed by atoms with Crippen LogP contribution in [0.15, 0.2) is 18.2 Å². The fraction of sp³-hybridized carbons (Fsp3) is 0.588. The van der Waals surface area contributed by atoms with Crippen LogP contribution in [-0.2, 0) is 0 Å². The highest BCUT2D eigenvalue weighted by Gasteiger charge is 2.29. The second-order valence-corrected chi connectivity index (χ2v) is 6.40. The van der Waals surface area contributed by atoms with E-state index in [-0.39, 0.29) is 5.91 Å². The van der Waals surface area contributed by atoms with E-state index in [1.165, 1.54) is 19.3 Å². The third-order valence-electron chi connectivity index (χ3n) is 4.46. The molecule has 21 heavy (non-hydrogen) atoms. The molecule has 0 bridgehead atoms. The van der Waals surface area contributed by atoms with Gasteiger partial charge < -0.3 is 10.2 Å². The van der Waals surface area contributed by atoms with E-state index < -0.39 is 0 Å². The molecule has 2 rings (SSSR count). The Morgan fingerprint density at radius 3 is 2.76 bits per heavy atom. The van der Waals surface area contributed by atoms with Gasteiger partial charge >= 0.3 is 0 Å². The molecule has 1 aliphatic rings. The van der Waals surface area contributed by atoms with Crippen molar-refractivity contribution >= 4 is 23.2 Å². The molecule has 1 aromatic carbocycles. The number of rotatable bonds is 4. The second kappa shape index (κ2) is 7.17. The largest absolute Gasteiger partial charge is 0.385 e. The summed E-state index contributed by atoms with van der Waals surface area (Å²) in [6.45, 7) is 5.05. The Labute approximate surface area is 132 Å². The zero-order valence-electron chi connectivity index (χ0n) is 13.2. The van der Waals surface area contributed by atoms with Crippen molar-refractivity contribution in [3.8, 4) is 0 Å². The number of carbonyl (C=O) groups excluding carboxylic acids is 1. The minimum atomic E-state index is 0.0622. The van der Waals surface area contributed by atoms with E-state index >= 15 is 0 Å². The third-order valence-corrected chi connectivity index (χ3v) is 4.70. The van der Waals surface area contributed by atoms with Crippen molar-refractivity contribution in [2.24, 2.45) is 5.92 Å². The predicted octanol–water partition coefficient (Wildman–Crippen LogP) is 4.42. The van der Waals surface area contributed by atoms with E-state index in [0.29, 0.717) is 22.5 Å². The van der Waals surface area contributed by atoms with Gasteiger partial charge in [-0.2, -0.15) is 0 Å². The monoisotopic (exact) mass is 308 g/mol. The SMILES string of the molecule is CCNc1ccc(Cl)cc1C(=O)N(C)C1CCCCC1C. The summed E-state index contributed by atoms with van der Waals surface area (Å²) in [5.74, 6) is 0.627. The van der Waals surface area contributed by atoms with Gasteiger partial charge in [0.1, 0.15) is 0 Å². The standard InChI is InChI=1S/C17H25ClN2O/c1-4-19-15-10-9-13(18)11-14(15)17(21)20(3)16-8-6-5-7-12(16)2/h9-12,16,19H,4-8H2,1-3H3. The molecule has 1 fully saturated rings. The Morgan fingerprint density at radius 1 is 1.38 bits per heavy atom. The number of anilines is 1. The average molecular weight is 309 g/mol. The normalized spacial score (nSPS) is 21.9. The molecular weight excluding hydrogens is 284 g/mol. The molecule has 0 radical (unpaired) electrons. The fourth-order valence-electron chi connectivity index (χ4n) is 3.25. The van der Waals surface area contributed by atoms with Crippen molar-refractivity contribution in [3.05, 3.63) is 28.8 Å².